The average molecular weight is 292 g/mol. The van der Waals surface area contributed by atoms with Crippen molar-refractivity contribution in [3.63, 3.8) is 0 Å². The number of aliphatic hydroxyl groups excluding tert-OH is 1. The number of hydrogen-bond acceptors (Lipinski definition) is 3. The van der Waals surface area contributed by atoms with Gasteiger partial charge in [0.2, 0.25) is 5.91 Å². The first-order valence-electron chi connectivity index (χ1n) is 5.51. The zero-order valence-corrected chi connectivity index (χ0v) is 11.5. The van der Waals surface area contributed by atoms with Gasteiger partial charge in [0, 0.05) is 12.6 Å². The normalized spacial score (nSPS) is 12.0. The number of aliphatic hydroxyl groups is 1. The van der Waals surface area contributed by atoms with E-state index >= 15 is 0 Å². The number of halogens is 2. The van der Waals surface area contributed by atoms with Gasteiger partial charge in [0.05, 0.1) is 29.2 Å². The van der Waals surface area contributed by atoms with Crippen LogP contribution in [0.1, 0.15) is 13.3 Å². The summed E-state index contributed by atoms with van der Waals surface area (Å²) in [4.78, 5) is 11.3. The number of carbonyl (C=O) groups is 1. The summed E-state index contributed by atoms with van der Waals surface area (Å²) in [7, 11) is 0. The molecule has 4 nitrogen and oxygen atoms in total. The Kier molecular flexibility index (Phi) is 6.25. The molecule has 2 N–H and O–H groups in total. The number of amides is 1. The van der Waals surface area contributed by atoms with Gasteiger partial charge in [0.1, 0.15) is 5.75 Å². The third-order valence-corrected chi connectivity index (χ3v) is 2.82. The van der Waals surface area contributed by atoms with Gasteiger partial charge in [0.25, 0.3) is 0 Å². The minimum Gasteiger partial charge on any atom is -0.493 e. The van der Waals surface area contributed by atoms with E-state index in [1.807, 2.05) is 0 Å². The molecule has 0 aliphatic heterocycles. The third-order valence-electron chi connectivity index (χ3n) is 2.08. The van der Waals surface area contributed by atoms with Crippen molar-refractivity contribution in [1.29, 1.82) is 0 Å². The van der Waals surface area contributed by atoms with Crippen LogP contribution in [0.3, 0.4) is 0 Å². The average Bonchev–Trinajstić information content (AvgIpc) is 2.31. The molecule has 1 aromatic carbocycles. The van der Waals surface area contributed by atoms with Crippen molar-refractivity contribution >= 4 is 29.1 Å². The highest BCUT2D eigenvalue weighted by Gasteiger charge is 2.04. The summed E-state index contributed by atoms with van der Waals surface area (Å²) in [6.07, 6.45) is -0.336. The maximum Gasteiger partial charge on any atom is 0.223 e. The summed E-state index contributed by atoms with van der Waals surface area (Å²) in [6, 6.07) is 4.91. The van der Waals surface area contributed by atoms with Crippen LogP contribution in [0.2, 0.25) is 10.0 Å². The quantitative estimate of drug-likeness (QED) is 0.845. The van der Waals surface area contributed by atoms with Crippen LogP contribution in [-0.4, -0.2) is 30.3 Å². The lowest BCUT2D eigenvalue weighted by molar-refractivity contribution is -0.122. The Morgan fingerprint density at radius 1 is 1.44 bits per heavy atom. The molecule has 0 spiro atoms. The van der Waals surface area contributed by atoms with Crippen LogP contribution in [-0.2, 0) is 4.79 Å². The Hall–Kier alpha value is -0.970. The lowest BCUT2D eigenvalue weighted by atomic mass is 10.3. The summed E-state index contributed by atoms with van der Waals surface area (Å²) >= 11 is 11.6. The highest BCUT2D eigenvalue weighted by molar-refractivity contribution is 6.42. The monoisotopic (exact) mass is 291 g/mol. The summed E-state index contributed by atoms with van der Waals surface area (Å²) in [6.45, 7) is 2.09. The Labute approximate surface area is 116 Å². The Morgan fingerprint density at radius 3 is 2.78 bits per heavy atom. The molecule has 1 rings (SSSR count). The smallest absolute Gasteiger partial charge is 0.223 e. The first kappa shape index (κ1) is 15.1. The topological polar surface area (TPSA) is 58.6 Å². The molecule has 1 unspecified atom stereocenters. The molecule has 0 aliphatic rings. The number of carbonyl (C=O) groups excluding carboxylic acids is 1. The lowest BCUT2D eigenvalue weighted by Gasteiger charge is -2.09. The standard InChI is InChI=1S/C12H15Cl2NO3/c1-8(16)7-15-12(17)4-5-18-9-2-3-10(13)11(14)6-9/h2-3,6,8,16H,4-5,7H2,1H3,(H,15,17). The van der Waals surface area contributed by atoms with Gasteiger partial charge in [-0.3, -0.25) is 4.79 Å². The summed E-state index contributed by atoms with van der Waals surface area (Å²) in [5.41, 5.74) is 0. The van der Waals surface area contributed by atoms with Crippen LogP contribution in [0.4, 0.5) is 0 Å². The molecule has 0 saturated heterocycles. The maximum absolute atomic E-state index is 11.3. The number of ether oxygens (including phenoxy) is 1. The molecule has 0 radical (unpaired) electrons. The van der Waals surface area contributed by atoms with Gasteiger partial charge in [0.15, 0.2) is 0 Å². The molecule has 0 saturated carbocycles. The molecule has 100 valence electrons. The van der Waals surface area contributed by atoms with Crippen LogP contribution in [0.15, 0.2) is 18.2 Å². The van der Waals surface area contributed by atoms with E-state index in [2.05, 4.69) is 5.32 Å². The molecular formula is C12H15Cl2NO3. The van der Waals surface area contributed by atoms with Crippen molar-refractivity contribution in [1.82, 2.24) is 5.32 Å². The summed E-state index contributed by atoms with van der Waals surface area (Å²) < 4.78 is 5.35. The summed E-state index contributed by atoms with van der Waals surface area (Å²) in [5, 5.41) is 12.4. The zero-order chi connectivity index (χ0) is 13.5. The van der Waals surface area contributed by atoms with Gasteiger partial charge < -0.3 is 15.2 Å². The van der Waals surface area contributed by atoms with E-state index in [0.29, 0.717) is 15.8 Å². The third kappa shape index (κ3) is 5.58. The van der Waals surface area contributed by atoms with Crippen LogP contribution >= 0.6 is 23.2 Å². The highest BCUT2D eigenvalue weighted by atomic mass is 35.5. The molecule has 18 heavy (non-hydrogen) atoms. The van der Waals surface area contributed by atoms with Gasteiger partial charge in [-0.15, -0.1) is 0 Å². The lowest BCUT2D eigenvalue weighted by Crippen LogP contribution is -2.31. The van der Waals surface area contributed by atoms with Crippen LogP contribution in [0.5, 0.6) is 5.75 Å². The molecule has 6 heteroatoms. The second kappa shape index (κ2) is 7.46. The molecule has 0 fully saturated rings. The first-order chi connectivity index (χ1) is 8.49. The van der Waals surface area contributed by atoms with Crippen LogP contribution in [0, 0.1) is 0 Å². The van der Waals surface area contributed by atoms with E-state index in [1.54, 1.807) is 25.1 Å². The Balaban J connectivity index is 2.28. The predicted octanol–water partition coefficient (Wildman–Crippen LogP) is 2.26. The van der Waals surface area contributed by atoms with E-state index in [9.17, 15) is 4.79 Å². The fraction of sp³-hybridized carbons (Fsp3) is 0.417. The SMILES string of the molecule is CC(O)CNC(=O)CCOc1ccc(Cl)c(Cl)c1. The van der Waals surface area contributed by atoms with Gasteiger partial charge in [-0.2, -0.15) is 0 Å². The van der Waals surface area contributed by atoms with Crippen molar-refractivity contribution in [2.45, 2.75) is 19.4 Å². The van der Waals surface area contributed by atoms with Crippen molar-refractivity contribution in [3.05, 3.63) is 28.2 Å². The van der Waals surface area contributed by atoms with E-state index in [0.717, 1.165) is 0 Å². The number of nitrogens with one attached hydrogen (secondary N) is 1. The first-order valence-corrected chi connectivity index (χ1v) is 6.27. The number of rotatable bonds is 6. The zero-order valence-electron chi connectivity index (χ0n) is 9.95. The molecule has 1 aromatic rings. The molecule has 1 atom stereocenters. The van der Waals surface area contributed by atoms with Gasteiger partial charge in [-0.25, -0.2) is 0 Å². The van der Waals surface area contributed by atoms with Crippen molar-refractivity contribution in [2.75, 3.05) is 13.2 Å². The van der Waals surface area contributed by atoms with Crippen LogP contribution in [0.25, 0.3) is 0 Å². The van der Waals surface area contributed by atoms with E-state index < -0.39 is 6.10 Å². The maximum atomic E-state index is 11.3. The molecule has 0 aliphatic carbocycles. The molecule has 0 aromatic heterocycles. The predicted molar refractivity (Wildman–Crippen MR) is 71.3 cm³/mol. The van der Waals surface area contributed by atoms with Gasteiger partial charge in [-0.1, -0.05) is 23.2 Å². The largest absolute Gasteiger partial charge is 0.493 e. The van der Waals surface area contributed by atoms with E-state index in [4.69, 9.17) is 33.0 Å². The van der Waals surface area contributed by atoms with Gasteiger partial charge >= 0.3 is 0 Å². The van der Waals surface area contributed by atoms with Crippen molar-refractivity contribution < 1.29 is 14.6 Å². The van der Waals surface area contributed by atoms with Crippen LogP contribution < -0.4 is 10.1 Å². The fourth-order valence-electron chi connectivity index (χ4n) is 1.18. The highest BCUT2D eigenvalue weighted by Crippen LogP contribution is 2.26. The second-order valence-electron chi connectivity index (χ2n) is 3.83. The Morgan fingerprint density at radius 2 is 2.17 bits per heavy atom. The summed E-state index contributed by atoms with van der Waals surface area (Å²) in [5.74, 6) is 0.392. The minimum atomic E-state index is -0.551. The molecule has 0 heterocycles. The van der Waals surface area contributed by atoms with E-state index in [-0.39, 0.29) is 25.5 Å². The number of hydrogen-bond donors (Lipinski definition) is 2. The Bertz CT molecular complexity index is 410. The molecular weight excluding hydrogens is 277 g/mol. The minimum absolute atomic E-state index is 0.170. The van der Waals surface area contributed by atoms with Gasteiger partial charge in [-0.05, 0) is 19.1 Å². The van der Waals surface area contributed by atoms with Crippen molar-refractivity contribution in [3.8, 4) is 5.75 Å². The molecule has 1 amide bonds. The fourth-order valence-corrected chi connectivity index (χ4v) is 1.47. The molecule has 0 bridgehead atoms. The van der Waals surface area contributed by atoms with E-state index in [1.165, 1.54) is 0 Å². The van der Waals surface area contributed by atoms with Crippen molar-refractivity contribution in [2.24, 2.45) is 0 Å². The number of benzene rings is 1. The second-order valence-corrected chi connectivity index (χ2v) is 4.64.